The predicted molar refractivity (Wildman–Crippen MR) is 73.6 cm³/mol. The largest absolute Gasteiger partial charge is 0.348 e. The van der Waals surface area contributed by atoms with E-state index in [1.165, 1.54) is 16.7 Å². The molecule has 0 spiro atoms. The van der Waals surface area contributed by atoms with E-state index in [4.69, 9.17) is 0 Å². The Morgan fingerprint density at radius 1 is 1.35 bits per heavy atom. The average molecular weight is 257 g/mol. The molecule has 0 saturated carbocycles. The van der Waals surface area contributed by atoms with Gasteiger partial charge >= 0.3 is 0 Å². The lowest BCUT2D eigenvalue weighted by molar-refractivity contribution is -0.120. The second kappa shape index (κ2) is 7.30. The minimum atomic E-state index is 0. The first kappa shape index (κ1) is 15.9. The highest BCUT2D eigenvalue weighted by molar-refractivity contribution is 5.85. The highest BCUT2D eigenvalue weighted by Crippen LogP contribution is 2.19. The van der Waals surface area contributed by atoms with Gasteiger partial charge in [-0.25, -0.2) is 0 Å². The Morgan fingerprint density at radius 3 is 2.59 bits per heavy atom. The van der Waals surface area contributed by atoms with Crippen molar-refractivity contribution in [3.05, 3.63) is 34.9 Å². The van der Waals surface area contributed by atoms with Gasteiger partial charge in [0.25, 0.3) is 0 Å². The molecule has 0 saturated heterocycles. The minimum Gasteiger partial charge on any atom is -0.348 e. The maximum absolute atomic E-state index is 11.4. The van der Waals surface area contributed by atoms with E-state index in [0.29, 0.717) is 6.54 Å². The molecule has 0 fully saturated rings. The van der Waals surface area contributed by atoms with Gasteiger partial charge in [0.15, 0.2) is 0 Å². The van der Waals surface area contributed by atoms with Crippen molar-refractivity contribution in [3.63, 3.8) is 0 Å². The van der Waals surface area contributed by atoms with E-state index in [9.17, 15) is 4.79 Å². The summed E-state index contributed by atoms with van der Waals surface area (Å²) in [5, 5.41) is 5.80. The van der Waals surface area contributed by atoms with Crippen LogP contribution in [0, 0.1) is 13.8 Å². The maximum atomic E-state index is 11.4. The first-order valence-electron chi connectivity index (χ1n) is 5.56. The van der Waals surface area contributed by atoms with E-state index in [1.54, 1.807) is 7.05 Å². The fourth-order valence-electron chi connectivity index (χ4n) is 1.77. The predicted octanol–water partition coefficient (Wildman–Crippen LogP) is 2.12. The molecule has 0 aliphatic rings. The summed E-state index contributed by atoms with van der Waals surface area (Å²) in [6, 6.07) is 6.23. The number of likely N-dealkylation sites (N-methyl/N-ethyl adjacent to an activating group) is 1. The summed E-state index contributed by atoms with van der Waals surface area (Å²) in [5.41, 5.74) is 3.69. The molecule has 1 rings (SSSR count). The summed E-state index contributed by atoms with van der Waals surface area (Å²) in [5.74, 6) is 0.0240. The SMILES string of the molecule is CNCC(=O)NC(C)c1cccc(C)c1C.Cl. The second-order valence-electron chi connectivity index (χ2n) is 4.11. The van der Waals surface area contributed by atoms with Gasteiger partial charge < -0.3 is 10.6 Å². The van der Waals surface area contributed by atoms with Crippen LogP contribution >= 0.6 is 12.4 Å². The van der Waals surface area contributed by atoms with Gasteiger partial charge in [-0.05, 0) is 44.5 Å². The Morgan fingerprint density at radius 2 is 2.00 bits per heavy atom. The van der Waals surface area contributed by atoms with Crippen molar-refractivity contribution in [3.8, 4) is 0 Å². The number of carbonyl (C=O) groups is 1. The molecule has 1 unspecified atom stereocenters. The highest BCUT2D eigenvalue weighted by Gasteiger charge is 2.11. The lowest BCUT2D eigenvalue weighted by Gasteiger charge is -2.17. The van der Waals surface area contributed by atoms with Crippen LogP contribution in [-0.4, -0.2) is 19.5 Å². The van der Waals surface area contributed by atoms with Crippen LogP contribution in [0.5, 0.6) is 0 Å². The molecule has 0 radical (unpaired) electrons. The summed E-state index contributed by atoms with van der Waals surface area (Å²) in [4.78, 5) is 11.4. The maximum Gasteiger partial charge on any atom is 0.234 e. The molecule has 0 bridgehead atoms. The van der Waals surface area contributed by atoms with Gasteiger partial charge in [0, 0.05) is 0 Å². The Bertz CT molecular complexity index is 380. The van der Waals surface area contributed by atoms with E-state index in [1.807, 2.05) is 13.0 Å². The zero-order valence-corrected chi connectivity index (χ0v) is 11.6. The highest BCUT2D eigenvalue weighted by atomic mass is 35.5. The molecule has 96 valence electrons. The Labute approximate surface area is 109 Å². The molecule has 2 N–H and O–H groups in total. The van der Waals surface area contributed by atoms with E-state index in [-0.39, 0.29) is 24.4 Å². The zero-order valence-electron chi connectivity index (χ0n) is 10.8. The van der Waals surface area contributed by atoms with Gasteiger partial charge in [-0.15, -0.1) is 12.4 Å². The molecule has 1 aromatic rings. The quantitative estimate of drug-likeness (QED) is 0.867. The van der Waals surface area contributed by atoms with E-state index in [2.05, 4.69) is 36.6 Å². The van der Waals surface area contributed by atoms with Crippen molar-refractivity contribution in [1.82, 2.24) is 10.6 Å². The summed E-state index contributed by atoms with van der Waals surface area (Å²) in [7, 11) is 1.77. The van der Waals surface area contributed by atoms with Crippen molar-refractivity contribution < 1.29 is 4.79 Å². The third-order valence-corrected chi connectivity index (χ3v) is 2.83. The monoisotopic (exact) mass is 256 g/mol. The van der Waals surface area contributed by atoms with Crippen LogP contribution in [0.3, 0.4) is 0 Å². The van der Waals surface area contributed by atoms with Crippen LogP contribution in [0.15, 0.2) is 18.2 Å². The Kier molecular flexibility index (Phi) is 6.85. The lowest BCUT2D eigenvalue weighted by atomic mass is 9.98. The number of benzene rings is 1. The number of halogens is 1. The van der Waals surface area contributed by atoms with E-state index >= 15 is 0 Å². The first-order valence-corrected chi connectivity index (χ1v) is 5.56. The summed E-state index contributed by atoms with van der Waals surface area (Å²) in [6.07, 6.45) is 0. The third-order valence-electron chi connectivity index (χ3n) is 2.83. The van der Waals surface area contributed by atoms with Crippen molar-refractivity contribution in [2.45, 2.75) is 26.8 Å². The average Bonchev–Trinajstić information content (AvgIpc) is 2.22. The standard InChI is InChI=1S/C13H20N2O.ClH/c1-9-6-5-7-12(10(9)2)11(3)15-13(16)8-14-4;/h5-7,11,14H,8H2,1-4H3,(H,15,16);1H. The molecule has 1 amide bonds. The van der Waals surface area contributed by atoms with Gasteiger partial charge in [-0.2, -0.15) is 0 Å². The molecule has 17 heavy (non-hydrogen) atoms. The van der Waals surface area contributed by atoms with E-state index < -0.39 is 0 Å². The van der Waals surface area contributed by atoms with Gasteiger partial charge in [0.05, 0.1) is 12.6 Å². The Balaban J connectivity index is 0.00000256. The fourth-order valence-corrected chi connectivity index (χ4v) is 1.77. The van der Waals surface area contributed by atoms with Gasteiger partial charge in [0.2, 0.25) is 5.91 Å². The number of rotatable bonds is 4. The second-order valence-corrected chi connectivity index (χ2v) is 4.11. The number of hydrogen-bond acceptors (Lipinski definition) is 2. The molecule has 0 aliphatic heterocycles. The molecule has 0 aromatic heterocycles. The van der Waals surface area contributed by atoms with Gasteiger partial charge in [-0.3, -0.25) is 4.79 Å². The van der Waals surface area contributed by atoms with E-state index in [0.717, 1.165) is 0 Å². The lowest BCUT2D eigenvalue weighted by Crippen LogP contribution is -2.34. The molecule has 0 aliphatic carbocycles. The number of aryl methyl sites for hydroxylation is 1. The minimum absolute atomic E-state index is 0. The molecular formula is C13H21ClN2O. The van der Waals surface area contributed by atoms with Crippen LogP contribution in [-0.2, 0) is 4.79 Å². The van der Waals surface area contributed by atoms with Crippen LogP contribution in [0.1, 0.15) is 29.7 Å². The van der Waals surface area contributed by atoms with Crippen molar-refractivity contribution in [1.29, 1.82) is 0 Å². The summed E-state index contributed by atoms with van der Waals surface area (Å²) in [6.45, 7) is 6.54. The molecule has 4 heteroatoms. The van der Waals surface area contributed by atoms with Crippen molar-refractivity contribution in [2.24, 2.45) is 0 Å². The fraction of sp³-hybridized carbons (Fsp3) is 0.462. The molecular weight excluding hydrogens is 236 g/mol. The molecule has 3 nitrogen and oxygen atoms in total. The zero-order chi connectivity index (χ0) is 12.1. The number of hydrogen-bond donors (Lipinski definition) is 2. The number of carbonyl (C=O) groups excluding carboxylic acids is 1. The Hall–Kier alpha value is -1.06. The van der Waals surface area contributed by atoms with Crippen LogP contribution in [0.4, 0.5) is 0 Å². The van der Waals surface area contributed by atoms with Crippen LogP contribution in [0.2, 0.25) is 0 Å². The summed E-state index contributed by atoms with van der Waals surface area (Å²) >= 11 is 0. The number of amides is 1. The smallest absolute Gasteiger partial charge is 0.234 e. The third kappa shape index (κ3) is 4.36. The van der Waals surface area contributed by atoms with Crippen LogP contribution in [0.25, 0.3) is 0 Å². The number of nitrogens with one attached hydrogen (secondary N) is 2. The van der Waals surface area contributed by atoms with Gasteiger partial charge in [-0.1, -0.05) is 18.2 Å². The first-order chi connectivity index (χ1) is 7.56. The molecule has 1 atom stereocenters. The molecule has 1 aromatic carbocycles. The summed E-state index contributed by atoms with van der Waals surface area (Å²) < 4.78 is 0. The van der Waals surface area contributed by atoms with Crippen molar-refractivity contribution >= 4 is 18.3 Å². The topological polar surface area (TPSA) is 41.1 Å². The van der Waals surface area contributed by atoms with Crippen molar-refractivity contribution in [2.75, 3.05) is 13.6 Å². The molecule has 0 heterocycles. The van der Waals surface area contributed by atoms with Crippen LogP contribution < -0.4 is 10.6 Å². The normalized spacial score (nSPS) is 11.5. The van der Waals surface area contributed by atoms with Gasteiger partial charge in [0.1, 0.15) is 0 Å².